The van der Waals surface area contributed by atoms with E-state index in [4.69, 9.17) is 4.74 Å². The second-order valence-electron chi connectivity index (χ2n) is 3.55. The largest absolute Gasteiger partial charge is 0.458 e. The van der Waals surface area contributed by atoms with E-state index in [1.165, 1.54) is 6.08 Å². The molecule has 0 aliphatic heterocycles. The molecule has 0 aromatic rings. The quantitative estimate of drug-likeness (QED) is 0.296. The number of rotatable bonds is 6. The van der Waals surface area contributed by atoms with Gasteiger partial charge in [-0.3, -0.25) is 0 Å². The topological polar surface area (TPSA) is 26.3 Å². The number of allylic oxidation sites excluding steroid dienone is 5. The summed E-state index contributed by atoms with van der Waals surface area (Å²) in [6.07, 6.45) is 9.84. The zero-order chi connectivity index (χ0) is 12.4. The Kier molecular flexibility index (Phi) is 7.86. The van der Waals surface area contributed by atoms with E-state index in [0.717, 1.165) is 17.6 Å². The van der Waals surface area contributed by atoms with Crippen LogP contribution in [-0.2, 0) is 9.53 Å². The first-order valence-corrected chi connectivity index (χ1v) is 5.34. The lowest BCUT2D eigenvalue weighted by Crippen LogP contribution is -2.02. The summed E-state index contributed by atoms with van der Waals surface area (Å²) < 4.78 is 4.99. The maximum Gasteiger partial charge on any atom is 0.330 e. The molecule has 0 radical (unpaired) electrons. The molecule has 0 saturated carbocycles. The van der Waals surface area contributed by atoms with E-state index in [1.807, 2.05) is 26.0 Å². The van der Waals surface area contributed by atoms with Crippen molar-refractivity contribution < 1.29 is 9.53 Å². The predicted octanol–water partition coefficient (Wildman–Crippen LogP) is 3.57. The highest BCUT2D eigenvalue weighted by molar-refractivity contribution is 5.81. The van der Waals surface area contributed by atoms with Crippen LogP contribution in [0.15, 0.2) is 48.1 Å². The van der Waals surface area contributed by atoms with Crippen molar-refractivity contribution in [2.75, 3.05) is 6.61 Å². The summed E-state index contributed by atoms with van der Waals surface area (Å²) in [5, 5.41) is 0. The Morgan fingerprint density at radius 3 is 2.56 bits per heavy atom. The molecule has 88 valence electrons. The molecule has 0 aromatic heterocycles. The van der Waals surface area contributed by atoms with Crippen LogP contribution in [0.25, 0.3) is 0 Å². The average molecular weight is 220 g/mol. The minimum Gasteiger partial charge on any atom is -0.458 e. The van der Waals surface area contributed by atoms with Crippen molar-refractivity contribution in [3.8, 4) is 0 Å². The molecule has 0 N–H and O–H groups in total. The third-order valence-electron chi connectivity index (χ3n) is 1.97. The molecule has 0 heterocycles. The number of carbonyl (C=O) groups excluding carboxylic acids is 1. The molecule has 0 spiro atoms. The lowest BCUT2D eigenvalue weighted by Gasteiger charge is -2.01. The summed E-state index contributed by atoms with van der Waals surface area (Å²) in [6.45, 7) is 9.75. The van der Waals surface area contributed by atoms with E-state index in [2.05, 4.69) is 12.7 Å². The van der Waals surface area contributed by atoms with Crippen LogP contribution in [0, 0.1) is 0 Å². The third kappa shape index (κ3) is 7.80. The summed E-state index contributed by atoms with van der Waals surface area (Å²) in [4.78, 5) is 11.0. The summed E-state index contributed by atoms with van der Waals surface area (Å²) in [5.41, 5.74) is 2.20. The third-order valence-corrected chi connectivity index (χ3v) is 1.97. The van der Waals surface area contributed by atoms with Gasteiger partial charge >= 0.3 is 5.97 Å². The van der Waals surface area contributed by atoms with Gasteiger partial charge in [-0.2, -0.15) is 0 Å². The summed E-state index contributed by atoms with van der Waals surface area (Å²) in [5.74, 6) is -0.298. The lowest BCUT2D eigenvalue weighted by molar-refractivity contribution is -0.136. The van der Waals surface area contributed by atoms with E-state index in [-0.39, 0.29) is 5.97 Å². The van der Waals surface area contributed by atoms with Gasteiger partial charge in [0, 0.05) is 6.08 Å². The molecular formula is C14H20O2. The Bertz CT molecular complexity index is 320. The second kappa shape index (κ2) is 8.72. The highest BCUT2D eigenvalue weighted by Gasteiger charge is 1.95. The number of esters is 1. The van der Waals surface area contributed by atoms with Gasteiger partial charge in [0.05, 0.1) is 0 Å². The van der Waals surface area contributed by atoms with Gasteiger partial charge in [0.2, 0.25) is 0 Å². The summed E-state index contributed by atoms with van der Waals surface area (Å²) in [6, 6.07) is 0. The van der Waals surface area contributed by atoms with Crippen molar-refractivity contribution in [2.45, 2.75) is 27.2 Å². The van der Waals surface area contributed by atoms with Crippen molar-refractivity contribution in [1.82, 2.24) is 0 Å². The molecule has 0 atom stereocenters. The smallest absolute Gasteiger partial charge is 0.330 e. The molecule has 0 aliphatic carbocycles. The highest BCUT2D eigenvalue weighted by atomic mass is 16.5. The number of hydrogen-bond donors (Lipinski definition) is 0. The van der Waals surface area contributed by atoms with E-state index in [0.29, 0.717) is 6.61 Å². The molecular weight excluding hydrogens is 200 g/mol. The van der Waals surface area contributed by atoms with Crippen LogP contribution in [-0.4, -0.2) is 12.6 Å². The number of ether oxygens (including phenoxy) is 1. The molecule has 0 aromatic carbocycles. The molecule has 0 rings (SSSR count). The van der Waals surface area contributed by atoms with Gasteiger partial charge in [-0.05, 0) is 32.8 Å². The van der Waals surface area contributed by atoms with Crippen LogP contribution in [0.1, 0.15) is 27.2 Å². The zero-order valence-corrected chi connectivity index (χ0v) is 10.3. The van der Waals surface area contributed by atoms with Crippen molar-refractivity contribution >= 4 is 5.97 Å². The monoisotopic (exact) mass is 220 g/mol. The van der Waals surface area contributed by atoms with Crippen LogP contribution in [0.4, 0.5) is 0 Å². The first-order valence-electron chi connectivity index (χ1n) is 5.34. The summed E-state index contributed by atoms with van der Waals surface area (Å²) >= 11 is 0. The average Bonchev–Trinajstić information content (AvgIpc) is 2.26. The zero-order valence-electron chi connectivity index (χ0n) is 10.3. The highest BCUT2D eigenvalue weighted by Crippen LogP contribution is 2.01. The SMILES string of the molecule is C=CC(C)=CCC=C(C)COC(=O)/C=C/C. The second-order valence-corrected chi connectivity index (χ2v) is 3.55. The Morgan fingerprint density at radius 1 is 1.31 bits per heavy atom. The first kappa shape index (κ1) is 14.4. The van der Waals surface area contributed by atoms with Gasteiger partial charge in [0.1, 0.15) is 6.61 Å². The van der Waals surface area contributed by atoms with Crippen LogP contribution < -0.4 is 0 Å². The van der Waals surface area contributed by atoms with E-state index < -0.39 is 0 Å². The van der Waals surface area contributed by atoms with Gasteiger partial charge in [-0.25, -0.2) is 4.79 Å². The van der Waals surface area contributed by atoms with Gasteiger partial charge in [0.25, 0.3) is 0 Å². The fraction of sp³-hybridized carbons (Fsp3) is 0.357. The van der Waals surface area contributed by atoms with Gasteiger partial charge in [-0.15, -0.1) is 0 Å². The minimum atomic E-state index is -0.298. The molecule has 0 fully saturated rings. The molecule has 0 saturated heterocycles. The van der Waals surface area contributed by atoms with Crippen LogP contribution in [0.2, 0.25) is 0 Å². The predicted molar refractivity (Wildman–Crippen MR) is 68.1 cm³/mol. The van der Waals surface area contributed by atoms with Crippen molar-refractivity contribution in [3.63, 3.8) is 0 Å². The fourth-order valence-corrected chi connectivity index (χ4v) is 0.957. The van der Waals surface area contributed by atoms with Gasteiger partial charge in [-0.1, -0.05) is 36.5 Å². The Balaban J connectivity index is 3.97. The van der Waals surface area contributed by atoms with Gasteiger partial charge in [0.15, 0.2) is 0 Å². The molecule has 0 unspecified atom stereocenters. The Hall–Kier alpha value is -1.57. The maximum absolute atomic E-state index is 11.0. The lowest BCUT2D eigenvalue weighted by atomic mass is 10.2. The molecule has 0 amide bonds. The first-order chi connectivity index (χ1) is 7.60. The molecule has 2 nitrogen and oxygen atoms in total. The van der Waals surface area contributed by atoms with Crippen LogP contribution in [0.5, 0.6) is 0 Å². The van der Waals surface area contributed by atoms with Gasteiger partial charge < -0.3 is 4.74 Å². The maximum atomic E-state index is 11.0. The molecule has 0 bridgehead atoms. The summed E-state index contributed by atoms with van der Waals surface area (Å²) in [7, 11) is 0. The number of hydrogen-bond acceptors (Lipinski definition) is 2. The fourth-order valence-electron chi connectivity index (χ4n) is 0.957. The van der Waals surface area contributed by atoms with Crippen molar-refractivity contribution in [3.05, 3.63) is 48.1 Å². The van der Waals surface area contributed by atoms with E-state index in [1.54, 1.807) is 13.0 Å². The Labute approximate surface area is 98.0 Å². The van der Waals surface area contributed by atoms with E-state index >= 15 is 0 Å². The Morgan fingerprint density at radius 2 is 2.00 bits per heavy atom. The normalized spacial score (nSPS) is 12.9. The minimum absolute atomic E-state index is 0.298. The molecule has 0 aliphatic rings. The molecule has 16 heavy (non-hydrogen) atoms. The van der Waals surface area contributed by atoms with Crippen LogP contribution >= 0.6 is 0 Å². The van der Waals surface area contributed by atoms with Crippen molar-refractivity contribution in [2.24, 2.45) is 0 Å². The number of carbonyl (C=O) groups is 1. The standard InChI is InChI=1S/C14H20O2/c1-5-8-14(15)16-11-13(4)10-7-9-12(3)6-2/h5-6,8-10H,2,7,11H2,1,3-4H3/b8-5+,12-9?,13-10?. The van der Waals surface area contributed by atoms with Crippen LogP contribution in [0.3, 0.4) is 0 Å². The van der Waals surface area contributed by atoms with Crippen molar-refractivity contribution in [1.29, 1.82) is 0 Å². The van der Waals surface area contributed by atoms with E-state index in [9.17, 15) is 4.79 Å². The molecule has 2 heteroatoms.